The maximum atomic E-state index is 12.7. The number of rotatable bonds is 7. The van der Waals surface area contributed by atoms with Gasteiger partial charge in [0.05, 0.1) is 23.3 Å². The molecule has 0 radical (unpaired) electrons. The minimum Gasteiger partial charge on any atom is -0.459 e. The summed E-state index contributed by atoms with van der Waals surface area (Å²) in [6.07, 6.45) is -2.60. The predicted octanol–water partition coefficient (Wildman–Crippen LogP) is 3.69. The number of ether oxygens (including phenoxy) is 4. The summed E-state index contributed by atoms with van der Waals surface area (Å²) in [6, 6.07) is 25.5. The van der Waals surface area contributed by atoms with Gasteiger partial charge in [0, 0.05) is 0 Å². The maximum Gasteiger partial charge on any atom is 0.338 e. The van der Waals surface area contributed by atoms with E-state index in [0.717, 1.165) is 0 Å². The molecule has 1 aliphatic heterocycles. The SMILES string of the molecule is O=C(OC[C@@H]1OC[C@H](OC(=O)c2ccccc2)[C@H]1OC(=O)c1ccccc1)c1ccccc1. The highest BCUT2D eigenvalue weighted by molar-refractivity contribution is 5.90. The third-order valence-electron chi connectivity index (χ3n) is 5.12. The van der Waals surface area contributed by atoms with Crippen LogP contribution in [-0.2, 0) is 18.9 Å². The van der Waals surface area contributed by atoms with Crippen molar-refractivity contribution in [1.29, 1.82) is 0 Å². The van der Waals surface area contributed by atoms with E-state index >= 15 is 0 Å². The van der Waals surface area contributed by atoms with Gasteiger partial charge in [0.15, 0.2) is 12.2 Å². The zero-order valence-corrected chi connectivity index (χ0v) is 17.7. The monoisotopic (exact) mass is 446 g/mol. The Hall–Kier alpha value is -3.97. The van der Waals surface area contributed by atoms with Crippen LogP contribution in [0.4, 0.5) is 0 Å². The molecule has 0 amide bonds. The number of hydrogen-bond acceptors (Lipinski definition) is 7. The molecule has 3 aromatic carbocycles. The van der Waals surface area contributed by atoms with E-state index < -0.39 is 36.2 Å². The third kappa shape index (κ3) is 5.64. The molecule has 7 nitrogen and oxygen atoms in total. The summed E-state index contributed by atoms with van der Waals surface area (Å²) in [5.74, 6) is -1.68. The van der Waals surface area contributed by atoms with Crippen molar-refractivity contribution in [1.82, 2.24) is 0 Å². The van der Waals surface area contributed by atoms with Crippen LogP contribution >= 0.6 is 0 Å². The van der Waals surface area contributed by atoms with E-state index in [1.807, 2.05) is 0 Å². The summed E-state index contributed by atoms with van der Waals surface area (Å²) in [7, 11) is 0. The van der Waals surface area contributed by atoms with E-state index in [9.17, 15) is 14.4 Å². The third-order valence-corrected chi connectivity index (χ3v) is 5.12. The second-order valence-electron chi connectivity index (χ2n) is 7.38. The molecule has 1 fully saturated rings. The smallest absolute Gasteiger partial charge is 0.338 e. The molecule has 4 rings (SSSR count). The van der Waals surface area contributed by atoms with Gasteiger partial charge in [-0.1, -0.05) is 54.6 Å². The van der Waals surface area contributed by atoms with Gasteiger partial charge >= 0.3 is 17.9 Å². The lowest BCUT2D eigenvalue weighted by atomic mass is 10.1. The van der Waals surface area contributed by atoms with Crippen molar-refractivity contribution in [2.24, 2.45) is 0 Å². The van der Waals surface area contributed by atoms with E-state index in [1.165, 1.54) is 0 Å². The summed E-state index contributed by atoms with van der Waals surface area (Å²) in [5, 5.41) is 0. The standard InChI is InChI=1S/C26H22O7/c27-24(18-10-4-1-5-11-18)31-16-21-23(33-26(29)20-14-8-3-9-15-20)22(17-30-21)32-25(28)19-12-6-2-7-13-19/h1-15,21-23H,16-17H2/t21-,22-,23-/m0/s1. The average molecular weight is 446 g/mol. The van der Waals surface area contributed by atoms with Crippen LogP contribution in [0.15, 0.2) is 91.0 Å². The van der Waals surface area contributed by atoms with Crippen LogP contribution in [0.3, 0.4) is 0 Å². The second kappa shape index (κ2) is 10.6. The van der Waals surface area contributed by atoms with Gasteiger partial charge in [0.25, 0.3) is 0 Å². The van der Waals surface area contributed by atoms with Gasteiger partial charge in [-0.25, -0.2) is 14.4 Å². The van der Waals surface area contributed by atoms with Gasteiger partial charge in [-0.3, -0.25) is 0 Å². The fourth-order valence-corrected chi connectivity index (χ4v) is 3.40. The first-order valence-electron chi connectivity index (χ1n) is 10.5. The molecule has 0 spiro atoms. The molecule has 33 heavy (non-hydrogen) atoms. The average Bonchev–Trinajstić information content (AvgIpc) is 3.24. The first kappa shape index (κ1) is 22.2. The van der Waals surface area contributed by atoms with Crippen molar-refractivity contribution in [2.45, 2.75) is 18.3 Å². The van der Waals surface area contributed by atoms with E-state index in [0.29, 0.717) is 16.7 Å². The van der Waals surface area contributed by atoms with Crippen LogP contribution in [0.25, 0.3) is 0 Å². The lowest BCUT2D eigenvalue weighted by molar-refractivity contribution is -0.0433. The van der Waals surface area contributed by atoms with Gasteiger partial charge < -0.3 is 18.9 Å². The Kier molecular flexibility index (Phi) is 7.12. The molecule has 1 aliphatic rings. The minimum absolute atomic E-state index is 0.00113. The molecular formula is C26H22O7. The van der Waals surface area contributed by atoms with Crippen molar-refractivity contribution >= 4 is 17.9 Å². The van der Waals surface area contributed by atoms with Crippen LogP contribution in [0.1, 0.15) is 31.1 Å². The first-order valence-corrected chi connectivity index (χ1v) is 10.5. The maximum absolute atomic E-state index is 12.7. The van der Waals surface area contributed by atoms with Crippen LogP contribution in [0, 0.1) is 0 Å². The molecule has 3 aromatic rings. The number of hydrogen-bond donors (Lipinski definition) is 0. The second-order valence-corrected chi connectivity index (χ2v) is 7.38. The Bertz CT molecular complexity index is 1080. The lowest BCUT2D eigenvalue weighted by Crippen LogP contribution is -2.40. The van der Waals surface area contributed by atoms with Gasteiger partial charge in [0.1, 0.15) is 12.7 Å². The lowest BCUT2D eigenvalue weighted by Gasteiger charge is -2.23. The number of carbonyl (C=O) groups is 3. The van der Waals surface area contributed by atoms with Gasteiger partial charge in [-0.05, 0) is 36.4 Å². The van der Waals surface area contributed by atoms with Gasteiger partial charge in [-0.15, -0.1) is 0 Å². The molecule has 0 unspecified atom stereocenters. The summed E-state index contributed by atoms with van der Waals surface area (Å²) in [5.41, 5.74) is 1.10. The Balaban J connectivity index is 1.46. The van der Waals surface area contributed by atoms with Crippen LogP contribution in [-0.4, -0.2) is 49.4 Å². The molecule has 3 atom stereocenters. The summed E-state index contributed by atoms with van der Waals surface area (Å²) >= 11 is 0. The normalized spacial score (nSPS) is 19.5. The molecule has 7 heteroatoms. The summed E-state index contributed by atoms with van der Waals surface area (Å²) < 4.78 is 22.3. The first-order chi connectivity index (χ1) is 16.1. The Labute approximate surface area is 190 Å². The predicted molar refractivity (Wildman–Crippen MR) is 118 cm³/mol. The van der Waals surface area contributed by atoms with E-state index in [-0.39, 0.29) is 13.2 Å². The molecule has 0 aliphatic carbocycles. The molecule has 0 bridgehead atoms. The van der Waals surface area contributed by atoms with Crippen molar-refractivity contribution in [3.8, 4) is 0 Å². The molecule has 1 heterocycles. The van der Waals surface area contributed by atoms with Gasteiger partial charge in [0.2, 0.25) is 0 Å². The van der Waals surface area contributed by atoms with Crippen LogP contribution < -0.4 is 0 Å². The van der Waals surface area contributed by atoms with Crippen molar-refractivity contribution in [2.75, 3.05) is 13.2 Å². The zero-order valence-electron chi connectivity index (χ0n) is 17.7. The highest BCUT2D eigenvalue weighted by atomic mass is 16.6. The van der Waals surface area contributed by atoms with E-state index in [2.05, 4.69) is 0 Å². The molecule has 1 saturated heterocycles. The van der Waals surface area contributed by atoms with Crippen LogP contribution in [0.2, 0.25) is 0 Å². The number of carbonyl (C=O) groups excluding carboxylic acids is 3. The van der Waals surface area contributed by atoms with Crippen molar-refractivity contribution in [3.05, 3.63) is 108 Å². The Morgan fingerprint density at radius 1 is 0.667 bits per heavy atom. The number of esters is 3. The van der Waals surface area contributed by atoms with Crippen LogP contribution in [0.5, 0.6) is 0 Å². The van der Waals surface area contributed by atoms with E-state index in [4.69, 9.17) is 18.9 Å². The highest BCUT2D eigenvalue weighted by Gasteiger charge is 2.44. The Morgan fingerprint density at radius 2 is 1.12 bits per heavy atom. The zero-order chi connectivity index (χ0) is 23.0. The highest BCUT2D eigenvalue weighted by Crippen LogP contribution is 2.24. The van der Waals surface area contributed by atoms with Crippen molar-refractivity contribution < 1.29 is 33.3 Å². The topological polar surface area (TPSA) is 88.1 Å². The van der Waals surface area contributed by atoms with E-state index in [1.54, 1.807) is 91.0 Å². The molecule has 0 aromatic heterocycles. The summed E-state index contributed by atoms with van der Waals surface area (Å²) in [4.78, 5) is 37.6. The molecule has 168 valence electrons. The largest absolute Gasteiger partial charge is 0.459 e. The Morgan fingerprint density at radius 3 is 1.64 bits per heavy atom. The molecule has 0 N–H and O–H groups in total. The number of benzene rings is 3. The van der Waals surface area contributed by atoms with Gasteiger partial charge in [-0.2, -0.15) is 0 Å². The fraction of sp³-hybridized carbons (Fsp3) is 0.192. The minimum atomic E-state index is -0.950. The van der Waals surface area contributed by atoms with Crippen molar-refractivity contribution in [3.63, 3.8) is 0 Å². The summed E-state index contributed by atoms with van der Waals surface area (Å²) in [6.45, 7) is -0.168. The quantitative estimate of drug-likeness (QED) is 0.404. The fourth-order valence-electron chi connectivity index (χ4n) is 3.40. The molecular weight excluding hydrogens is 424 g/mol. The molecule has 0 saturated carbocycles.